The van der Waals surface area contributed by atoms with Crippen LogP contribution < -0.4 is 10.1 Å². The number of ether oxygens (including phenoxy) is 2. The molecule has 1 aromatic heterocycles. The van der Waals surface area contributed by atoms with Crippen LogP contribution >= 0.6 is 0 Å². The SMILES string of the molecule is COCCOc1cccc(NC(=O)N2CCN(C(=O)c3ccc[nH]3)CC2)c1. The largest absolute Gasteiger partial charge is 0.491 e. The summed E-state index contributed by atoms with van der Waals surface area (Å²) in [5.41, 5.74) is 1.23. The standard InChI is InChI=1S/C19H24N4O4/c1-26-12-13-27-16-5-2-4-15(14-16)21-19(25)23-10-8-22(9-11-23)18(24)17-6-3-7-20-17/h2-7,14,20H,8-13H2,1H3,(H,21,25). The number of piperazine rings is 1. The number of hydrogen-bond donors (Lipinski definition) is 2. The molecule has 1 saturated heterocycles. The van der Waals surface area contributed by atoms with Gasteiger partial charge in [-0.15, -0.1) is 0 Å². The van der Waals surface area contributed by atoms with Crippen LogP contribution in [0, 0.1) is 0 Å². The Morgan fingerprint density at radius 2 is 1.85 bits per heavy atom. The molecule has 8 heteroatoms. The molecule has 0 unspecified atom stereocenters. The first-order valence-electron chi connectivity index (χ1n) is 8.88. The number of carbonyl (C=O) groups is 2. The van der Waals surface area contributed by atoms with Gasteiger partial charge in [0.1, 0.15) is 18.1 Å². The Balaban J connectivity index is 1.49. The minimum atomic E-state index is -0.184. The van der Waals surface area contributed by atoms with Gasteiger partial charge < -0.3 is 29.6 Å². The summed E-state index contributed by atoms with van der Waals surface area (Å²) in [6, 6.07) is 10.6. The lowest BCUT2D eigenvalue weighted by molar-refractivity contribution is 0.0666. The first-order valence-corrected chi connectivity index (χ1v) is 8.88. The van der Waals surface area contributed by atoms with Gasteiger partial charge in [0.25, 0.3) is 5.91 Å². The van der Waals surface area contributed by atoms with Crippen LogP contribution in [0.2, 0.25) is 0 Å². The molecule has 1 aromatic carbocycles. The molecule has 27 heavy (non-hydrogen) atoms. The van der Waals surface area contributed by atoms with Crippen molar-refractivity contribution in [1.29, 1.82) is 0 Å². The molecule has 3 rings (SSSR count). The second-order valence-electron chi connectivity index (χ2n) is 6.16. The number of nitrogens with zero attached hydrogens (tertiary/aromatic N) is 2. The molecule has 2 heterocycles. The summed E-state index contributed by atoms with van der Waals surface area (Å²) in [6.45, 7) is 2.94. The number of rotatable bonds is 6. The molecule has 144 valence electrons. The maximum absolute atomic E-state index is 12.5. The predicted molar refractivity (Wildman–Crippen MR) is 101 cm³/mol. The molecule has 0 bridgehead atoms. The Labute approximate surface area is 158 Å². The number of urea groups is 1. The summed E-state index contributed by atoms with van der Waals surface area (Å²) in [6.07, 6.45) is 1.73. The highest BCUT2D eigenvalue weighted by atomic mass is 16.5. The molecule has 0 aliphatic carbocycles. The van der Waals surface area contributed by atoms with Crippen LogP contribution in [0.1, 0.15) is 10.5 Å². The van der Waals surface area contributed by atoms with Gasteiger partial charge in [-0.1, -0.05) is 6.07 Å². The smallest absolute Gasteiger partial charge is 0.321 e. The van der Waals surface area contributed by atoms with Gasteiger partial charge in [-0.05, 0) is 24.3 Å². The number of H-pyrrole nitrogens is 1. The molecule has 3 amide bonds. The van der Waals surface area contributed by atoms with Crippen molar-refractivity contribution < 1.29 is 19.1 Å². The third-order valence-electron chi connectivity index (χ3n) is 4.32. The van der Waals surface area contributed by atoms with E-state index in [9.17, 15) is 9.59 Å². The van der Waals surface area contributed by atoms with E-state index >= 15 is 0 Å². The summed E-state index contributed by atoms with van der Waals surface area (Å²) >= 11 is 0. The molecule has 0 atom stereocenters. The van der Waals surface area contributed by atoms with Crippen molar-refractivity contribution in [2.75, 3.05) is 51.8 Å². The lowest BCUT2D eigenvalue weighted by Crippen LogP contribution is -2.51. The number of hydrogen-bond acceptors (Lipinski definition) is 4. The summed E-state index contributed by atoms with van der Waals surface area (Å²) in [5, 5.41) is 2.88. The molecule has 1 aliphatic heterocycles. The molecule has 1 aliphatic rings. The molecule has 0 radical (unpaired) electrons. The van der Waals surface area contributed by atoms with Gasteiger partial charge in [-0.2, -0.15) is 0 Å². The van der Waals surface area contributed by atoms with Crippen LogP contribution in [0.3, 0.4) is 0 Å². The fraction of sp³-hybridized carbons (Fsp3) is 0.368. The number of carbonyl (C=O) groups excluding carboxylic acids is 2. The molecule has 2 N–H and O–H groups in total. The van der Waals surface area contributed by atoms with E-state index in [1.54, 1.807) is 41.3 Å². The van der Waals surface area contributed by atoms with Crippen LogP contribution in [-0.2, 0) is 4.74 Å². The average Bonchev–Trinajstić information content (AvgIpc) is 3.23. The Bertz CT molecular complexity index is 755. The normalized spacial score (nSPS) is 14.1. The molecular formula is C19H24N4O4. The van der Waals surface area contributed by atoms with Crippen molar-refractivity contribution in [2.24, 2.45) is 0 Å². The Morgan fingerprint density at radius 1 is 1.07 bits per heavy atom. The number of aromatic amines is 1. The summed E-state index contributed by atoms with van der Waals surface area (Å²) in [7, 11) is 1.62. The second-order valence-corrected chi connectivity index (χ2v) is 6.16. The van der Waals surface area contributed by atoms with E-state index in [1.807, 2.05) is 18.2 Å². The number of nitrogens with one attached hydrogen (secondary N) is 2. The van der Waals surface area contributed by atoms with E-state index in [1.165, 1.54) is 0 Å². The Kier molecular flexibility index (Phi) is 6.32. The zero-order chi connectivity index (χ0) is 19.1. The highest BCUT2D eigenvalue weighted by Gasteiger charge is 2.25. The number of anilines is 1. The highest BCUT2D eigenvalue weighted by molar-refractivity contribution is 5.93. The average molecular weight is 372 g/mol. The Morgan fingerprint density at radius 3 is 2.56 bits per heavy atom. The number of aromatic nitrogens is 1. The van der Waals surface area contributed by atoms with E-state index in [-0.39, 0.29) is 11.9 Å². The molecule has 0 saturated carbocycles. The topological polar surface area (TPSA) is 86.9 Å². The fourth-order valence-corrected chi connectivity index (χ4v) is 2.86. The van der Waals surface area contributed by atoms with E-state index in [0.29, 0.717) is 56.5 Å². The van der Waals surface area contributed by atoms with Crippen molar-refractivity contribution in [2.45, 2.75) is 0 Å². The van der Waals surface area contributed by atoms with Crippen LogP contribution in [0.25, 0.3) is 0 Å². The summed E-state index contributed by atoms with van der Waals surface area (Å²) < 4.78 is 10.5. The monoisotopic (exact) mass is 372 g/mol. The maximum Gasteiger partial charge on any atom is 0.321 e. The maximum atomic E-state index is 12.5. The predicted octanol–water partition coefficient (Wildman–Crippen LogP) is 2.03. The second kappa shape index (κ2) is 9.09. The zero-order valence-electron chi connectivity index (χ0n) is 15.3. The molecule has 0 spiro atoms. The van der Waals surface area contributed by atoms with Crippen molar-refractivity contribution >= 4 is 17.6 Å². The fourth-order valence-electron chi connectivity index (χ4n) is 2.86. The summed E-state index contributed by atoms with van der Waals surface area (Å²) in [4.78, 5) is 31.2. The number of methoxy groups -OCH3 is 1. The van der Waals surface area contributed by atoms with E-state index in [2.05, 4.69) is 10.3 Å². The van der Waals surface area contributed by atoms with Crippen molar-refractivity contribution in [3.8, 4) is 5.75 Å². The van der Waals surface area contributed by atoms with E-state index < -0.39 is 0 Å². The molecule has 2 aromatic rings. The van der Waals surface area contributed by atoms with Gasteiger partial charge in [-0.3, -0.25) is 4.79 Å². The van der Waals surface area contributed by atoms with Crippen LogP contribution in [0.5, 0.6) is 5.75 Å². The first kappa shape index (κ1) is 18.8. The van der Waals surface area contributed by atoms with Gasteiger partial charge in [0.15, 0.2) is 0 Å². The lowest BCUT2D eigenvalue weighted by atomic mass is 10.2. The van der Waals surface area contributed by atoms with E-state index in [0.717, 1.165) is 0 Å². The number of amides is 3. The van der Waals surface area contributed by atoms with Crippen molar-refractivity contribution in [3.05, 3.63) is 48.3 Å². The Hall–Kier alpha value is -3.00. The third-order valence-corrected chi connectivity index (χ3v) is 4.32. The quantitative estimate of drug-likeness (QED) is 0.760. The van der Waals surface area contributed by atoms with Crippen LogP contribution in [0.4, 0.5) is 10.5 Å². The van der Waals surface area contributed by atoms with Gasteiger partial charge in [0.2, 0.25) is 0 Å². The molecule has 8 nitrogen and oxygen atoms in total. The van der Waals surface area contributed by atoms with Crippen molar-refractivity contribution in [3.63, 3.8) is 0 Å². The zero-order valence-corrected chi connectivity index (χ0v) is 15.3. The van der Waals surface area contributed by atoms with Gasteiger partial charge >= 0.3 is 6.03 Å². The van der Waals surface area contributed by atoms with Crippen LogP contribution in [0.15, 0.2) is 42.6 Å². The minimum Gasteiger partial charge on any atom is -0.491 e. The first-order chi connectivity index (χ1) is 13.2. The van der Waals surface area contributed by atoms with E-state index in [4.69, 9.17) is 9.47 Å². The van der Waals surface area contributed by atoms with Gasteiger partial charge in [0, 0.05) is 51.2 Å². The lowest BCUT2D eigenvalue weighted by Gasteiger charge is -2.34. The number of benzene rings is 1. The summed E-state index contributed by atoms with van der Waals surface area (Å²) in [5.74, 6) is 0.632. The van der Waals surface area contributed by atoms with Gasteiger partial charge in [-0.25, -0.2) is 4.79 Å². The third kappa shape index (κ3) is 5.01. The van der Waals surface area contributed by atoms with Crippen LogP contribution in [-0.4, -0.2) is 73.2 Å². The van der Waals surface area contributed by atoms with Gasteiger partial charge in [0.05, 0.1) is 6.61 Å². The molecule has 1 fully saturated rings. The van der Waals surface area contributed by atoms with Crippen molar-refractivity contribution in [1.82, 2.24) is 14.8 Å². The molecular weight excluding hydrogens is 348 g/mol. The minimum absolute atomic E-state index is 0.0408. The highest BCUT2D eigenvalue weighted by Crippen LogP contribution is 2.18.